The smallest absolute Gasteiger partial charge is 0.256 e. The topological polar surface area (TPSA) is 104 Å². The van der Waals surface area contributed by atoms with E-state index in [2.05, 4.69) is 48.4 Å². The number of benzene rings is 1. The third-order valence-corrected chi connectivity index (χ3v) is 6.15. The summed E-state index contributed by atoms with van der Waals surface area (Å²) in [5.74, 6) is -0.207. The third kappa shape index (κ3) is 5.24. The average Bonchev–Trinajstić information content (AvgIpc) is 3.64. The van der Waals surface area contributed by atoms with E-state index in [4.69, 9.17) is 0 Å². The number of pyridine rings is 1. The molecule has 182 valence electrons. The van der Waals surface area contributed by atoms with Gasteiger partial charge in [0.15, 0.2) is 5.82 Å². The molecule has 0 unspecified atom stereocenters. The molecule has 1 aromatic carbocycles. The molecule has 0 atom stereocenters. The van der Waals surface area contributed by atoms with Gasteiger partial charge in [0, 0.05) is 36.1 Å². The lowest BCUT2D eigenvalue weighted by Gasteiger charge is -2.20. The highest BCUT2D eigenvalue weighted by Gasteiger charge is 2.27. The number of nitrogens with zero attached hydrogens (tertiary/aromatic N) is 3. The first-order valence-corrected chi connectivity index (χ1v) is 12.0. The van der Waals surface area contributed by atoms with Crippen molar-refractivity contribution in [3.8, 4) is 0 Å². The molecular weight excluding hydrogens is 445 g/mol. The van der Waals surface area contributed by atoms with Crippen LogP contribution in [-0.4, -0.2) is 33.4 Å². The van der Waals surface area contributed by atoms with Crippen molar-refractivity contribution in [2.75, 3.05) is 17.2 Å². The molecule has 1 fully saturated rings. The van der Waals surface area contributed by atoms with Gasteiger partial charge in [0.2, 0.25) is 5.95 Å². The van der Waals surface area contributed by atoms with E-state index >= 15 is 4.39 Å². The van der Waals surface area contributed by atoms with E-state index in [9.17, 15) is 4.79 Å². The number of carbonyl (C=O) groups is 1. The SMILES string of the molecule is CC(C)(C)c1nccc(Nc2nc(Nc3ccc4c(c3)CCNC4)ncc2C(=O)NC2CC2)c1F. The summed E-state index contributed by atoms with van der Waals surface area (Å²) in [6, 6.07) is 7.87. The molecule has 1 amide bonds. The zero-order chi connectivity index (χ0) is 24.6. The molecule has 0 radical (unpaired) electrons. The first-order chi connectivity index (χ1) is 16.8. The fourth-order valence-electron chi connectivity index (χ4n) is 4.07. The van der Waals surface area contributed by atoms with Crippen molar-refractivity contribution in [3.05, 3.63) is 64.9 Å². The Labute approximate surface area is 204 Å². The number of halogens is 1. The molecule has 5 rings (SSSR count). The Morgan fingerprint density at radius 3 is 2.71 bits per heavy atom. The van der Waals surface area contributed by atoms with Crippen LogP contribution >= 0.6 is 0 Å². The normalized spacial score (nSPS) is 15.3. The highest BCUT2D eigenvalue weighted by Crippen LogP contribution is 2.30. The van der Waals surface area contributed by atoms with Crippen LogP contribution in [0.25, 0.3) is 0 Å². The molecule has 1 aliphatic carbocycles. The van der Waals surface area contributed by atoms with E-state index in [0.29, 0.717) is 11.6 Å². The predicted octanol–water partition coefficient (Wildman–Crippen LogP) is 4.33. The van der Waals surface area contributed by atoms with Crippen molar-refractivity contribution in [3.63, 3.8) is 0 Å². The van der Waals surface area contributed by atoms with Crippen LogP contribution in [0.1, 0.15) is 60.8 Å². The van der Waals surface area contributed by atoms with E-state index in [1.54, 1.807) is 12.3 Å². The molecule has 8 nitrogen and oxygen atoms in total. The van der Waals surface area contributed by atoms with Crippen LogP contribution in [0.2, 0.25) is 0 Å². The van der Waals surface area contributed by atoms with Gasteiger partial charge in [-0.05, 0) is 55.1 Å². The maximum atomic E-state index is 15.3. The van der Waals surface area contributed by atoms with Crippen LogP contribution in [0.15, 0.2) is 36.7 Å². The Hall–Kier alpha value is -3.59. The first kappa shape index (κ1) is 23.2. The molecule has 4 N–H and O–H groups in total. The second kappa shape index (κ2) is 9.22. The lowest BCUT2D eigenvalue weighted by atomic mass is 9.91. The number of hydrogen-bond donors (Lipinski definition) is 4. The first-order valence-electron chi connectivity index (χ1n) is 12.0. The fraction of sp³-hybridized carbons (Fsp3) is 0.385. The summed E-state index contributed by atoms with van der Waals surface area (Å²) in [5, 5.41) is 12.6. The summed E-state index contributed by atoms with van der Waals surface area (Å²) in [4.78, 5) is 26.0. The molecule has 9 heteroatoms. The Bertz CT molecular complexity index is 1270. The highest BCUT2D eigenvalue weighted by molar-refractivity contribution is 5.99. The highest BCUT2D eigenvalue weighted by atomic mass is 19.1. The summed E-state index contributed by atoms with van der Waals surface area (Å²) in [6.45, 7) is 7.51. The Morgan fingerprint density at radius 1 is 1.11 bits per heavy atom. The molecule has 1 aliphatic heterocycles. The van der Waals surface area contributed by atoms with E-state index < -0.39 is 11.2 Å². The Balaban J connectivity index is 1.47. The van der Waals surface area contributed by atoms with E-state index in [1.165, 1.54) is 17.3 Å². The third-order valence-electron chi connectivity index (χ3n) is 6.15. The minimum atomic E-state index is -0.478. The Morgan fingerprint density at radius 2 is 1.94 bits per heavy atom. The van der Waals surface area contributed by atoms with Crippen molar-refractivity contribution >= 4 is 29.0 Å². The van der Waals surface area contributed by atoms with Gasteiger partial charge in [-0.1, -0.05) is 26.8 Å². The van der Waals surface area contributed by atoms with Crippen molar-refractivity contribution in [2.24, 2.45) is 0 Å². The molecule has 0 saturated heterocycles. The number of carbonyl (C=O) groups excluding carboxylic acids is 1. The van der Waals surface area contributed by atoms with E-state index in [0.717, 1.165) is 38.0 Å². The van der Waals surface area contributed by atoms with Gasteiger partial charge in [-0.3, -0.25) is 9.78 Å². The van der Waals surface area contributed by atoms with Crippen LogP contribution in [0.4, 0.5) is 27.5 Å². The van der Waals surface area contributed by atoms with Gasteiger partial charge in [-0.15, -0.1) is 0 Å². The largest absolute Gasteiger partial charge is 0.349 e. The number of rotatable bonds is 6. The lowest BCUT2D eigenvalue weighted by Crippen LogP contribution is -2.27. The van der Waals surface area contributed by atoms with Crippen LogP contribution in [0.3, 0.4) is 0 Å². The summed E-state index contributed by atoms with van der Waals surface area (Å²) >= 11 is 0. The van der Waals surface area contributed by atoms with Crippen molar-refractivity contribution in [2.45, 2.75) is 58.0 Å². The van der Waals surface area contributed by atoms with Crippen molar-refractivity contribution in [1.29, 1.82) is 0 Å². The van der Waals surface area contributed by atoms with Crippen molar-refractivity contribution < 1.29 is 9.18 Å². The molecule has 1 saturated carbocycles. The Kier molecular flexibility index (Phi) is 6.10. The van der Waals surface area contributed by atoms with Crippen LogP contribution in [0.5, 0.6) is 0 Å². The van der Waals surface area contributed by atoms with Gasteiger partial charge in [-0.25, -0.2) is 9.37 Å². The van der Waals surface area contributed by atoms with E-state index in [-0.39, 0.29) is 29.0 Å². The minimum absolute atomic E-state index is 0.170. The van der Waals surface area contributed by atoms with Crippen LogP contribution in [0, 0.1) is 5.82 Å². The number of hydrogen-bond acceptors (Lipinski definition) is 7. The summed E-state index contributed by atoms with van der Waals surface area (Å²) in [6.07, 6.45) is 5.89. The number of aromatic nitrogens is 3. The zero-order valence-corrected chi connectivity index (χ0v) is 20.2. The second-order valence-electron chi connectivity index (χ2n) is 10.1. The molecule has 2 aliphatic rings. The fourth-order valence-corrected chi connectivity index (χ4v) is 4.07. The number of nitrogens with one attached hydrogen (secondary N) is 4. The molecule has 3 heterocycles. The molecule has 3 aromatic rings. The quantitative estimate of drug-likeness (QED) is 0.421. The maximum absolute atomic E-state index is 15.3. The van der Waals surface area contributed by atoms with Gasteiger partial charge < -0.3 is 21.3 Å². The van der Waals surface area contributed by atoms with E-state index in [1.807, 2.05) is 26.8 Å². The monoisotopic (exact) mass is 475 g/mol. The lowest BCUT2D eigenvalue weighted by molar-refractivity contribution is 0.0951. The summed E-state index contributed by atoms with van der Waals surface area (Å²) in [5.41, 5.74) is 3.73. The standard InChI is InChI=1S/C26H30FN7O/c1-26(2,3)22-21(27)20(9-11-29-22)33-23-19(24(35)31-17-6-7-17)14-30-25(34-23)32-18-5-4-16-13-28-10-8-15(16)12-18/h4-5,9,11-12,14,17,28H,6-8,10,13H2,1-3H3,(H,31,35)(H2,29,30,32,33,34). The maximum Gasteiger partial charge on any atom is 0.256 e. The zero-order valence-electron chi connectivity index (χ0n) is 20.2. The minimum Gasteiger partial charge on any atom is -0.349 e. The van der Waals surface area contributed by atoms with Crippen molar-refractivity contribution in [1.82, 2.24) is 25.6 Å². The molecule has 2 aromatic heterocycles. The number of anilines is 4. The van der Waals surface area contributed by atoms with Gasteiger partial charge >= 0.3 is 0 Å². The molecule has 0 bridgehead atoms. The summed E-state index contributed by atoms with van der Waals surface area (Å²) in [7, 11) is 0. The number of amides is 1. The van der Waals surface area contributed by atoms with Gasteiger partial charge in [0.1, 0.15) is 11.4 Å². The molecular formula is C26H30FN7O. The summed E-state index contributed by atoms with van der Waals surface area (Å²) < 4.78 is 15.3. The van der Waals surface area contributed by atoms with Crippen LogP contribution in [-0.2, 0) is 18.4 Å². The molecule has 35 heavy (non-hydrogen) atoms. The predicted molar refractivity (Wildman–Crippen MR) is 134 cm³/mol. The average molecular weight is 476 g/mol. The van der Waals surface area contributed by atoms with Gasteiger partial charge in [-0.2, -0.15) is 4.98 Å². The van der Waals surface area contributed by atoms with Gasteiger partial charge in [0.05, 0.1) is 11.4 Å². The van der Waals surface area contributed by atoms with Gasteiger partial charge in [0.25, 0.3) is 5.91 Å². The molecule has 0 spiro atoms. The second-order valence-corrected chi connectivity index (χ2v) is 10.1. The van der Waals surface area contributed by atoms with Crippen LogP contribution < -0.4 is 21.3 Å². The number of fused-ring (bicyclic) bond motifs is 1.